The van der Waals surface area contributed by atoms with Crippen molar-refractivity contribution in [3.63, 3.8) is 0 Å². The Morgan fingerprint density at radius 1 is 1.33 bits per heavy atom. The second-order valence-corrected chi connectivity index (χ2v) is 4.67. The number of amides is 1. The molecule has 0 saturated heterocycles. The summed E-state index contributed by atoms with van der Waals surface area (Å²) in [5.74, 6) is -0.994. The van der Waals surface area contributed by atoms with E-state index in [9.17, 15) is 18.0 Å². The van der Waals surface area contributed by atoms with E-state index in [-0.39, 0.29) is 10.7 Å². The zero-order chi connectivity index (χ0) is 15.5. The number of hydrogen-bond donors (Lipinski definition) is 2. The lowest BCUT2D eigenvalue weighted by atomic mass is 10.3. The maximum absolute atomic E-state index is 12.1. The number of rotatable bonds is 4. The Bertz CT molecular complexity index is 644. The number of hydrogen-bond acceptors (Lipinski definition) is 6. The second-order valence-electron chi connectivity index (χ2n) is 3.69. The van der Waals surface area contributed by atoms with Crippen molar-refractivity contribution in [2.45, 2.75) is 6.36 Å². The van der Waals surface area contributed by atoms with Crippen LogP contribution in [0.15, 0.2) is 24.3 Å². The van der Waals surface area contributed by atoms with Gasteiger partial charge in [0.2, 0.25) is 10.1 Å². The largest absolute Gasteiger partial charge is 0.573 e. The van der Waals surface area contributed by atoms with Crippen molar-refractivity contribution in [2.24, 2.45) is 0 Å². The van der Waals surface area contributed by atoms with Crippen LogP contribution in [-0.2, 0) is 0 Å². The Morgan fingerprint density at radius 2 is 2.10 bits per heavy atom. The van der Waals surface area contributed by atoms with Crippen molar-refractivity contribution >= 4 is 28.1 Å². The van der Waals surface area contributed by atoms with Gasteiger partial charge in [-0.3, -0.25) is 4.79 Å². The van der Waals surface area contributed by atoms with Gasteiger partial charge in [0.25, 0.3) is 5.91 Å². The van der Waals surface area contributed by atoms with Crippen LogP contribution in [0.5, 0.6) is 5.75 Å². The van der Waals surface area contributed by atoms with Gasteiger partial charge in [-0.1, -0.05) is 17.4 Å². The van der Waals surface area contributed by atoms with E-state index in [1.165, 1.54) is 12.1 Å². The first-order chi connectivity index (χ1) is 9.87. The molecule has 1 amide bonds. The van der Waals surface area contributed by atoms with Crippen LogP contribution < -0.4 is 15.4 Å². The quantitative estimate of drug-likeness (QED) is 0.906. The average molecular weight is 318 g/mol. The molecule has 1 heterocycles. The first kappa shape index (κ1) is 15.0. The summed E-state index contributed by atoms with van der Waals surface area (Å²) in [4.78, 5) is 11.8. The third-order valence-corrected chi connectivity index (χ3v) is 3.10. The van der Waals surface area contributed by atoms with Crippen LogP contribution >= 0.6 is 11.3 Å². The highest BCUT2D eigenvalue weighted by Crippen LogP contribution is 2.25. The molecule has 0 fully saturated rings. The lowest BCUT2D eigenvalue weighted by Crippen LogP contribution is -2.17. The number of aromatic nitrogens is 2. The minimum absolute atomic E-state index is 0.0847. The Balaban J connectivity index is 2.08. The molecule has 0 unspecified atom stereocenters. The van der Waals surface area contributed by atoms with Gasteiger partial charge in [-0.15, -0.1) is 23.4 Å². The number of benzene rings is 1. The summed E-state index contributed by atoms with van der Waals surface area (Å²) in [6, 6.07) is 4.95. The molecule has 0 saturated carbocycles. The van der Waals surface area contributed by atoms with E-state index in [0.29, 0.717) is 5.13 Å². The molecular formula is C11H9F3N4O2S. The smallest absolute Gasteiger partial charge is 0.406 e. The molecule has 0 spiro atoms. The van der Waals surface area contributed by atoms with Crippen molar-refractivity contribution < 1.29 is 22.7 Å². The highest BCUT2D eigenvalue weighted by atomic mass is 32.1. The molecule has 112 valence electrons. The summed E-state index contributed by atoms with van der Waals surface area (Å²) in [5.41, 5.74) is 0.156. The van der Waals surface area contributed by atoms with Crippen molar-refractivity contribution in [1.29, 1.82) is 0 Å². The normalized spacial score (nSPS) is 11.0. The fourth-order valence-corrected chi connectivity index (χ4v) is 1.96. The molecule has 21 heavy (non-hydrogen) atoms. The molecule has 0 atom stereocenters. The fraction of sp³-hybridized carbons (Fsp3) is 0.182. The van der Waals surface area contributed by atoms with Gasteiger partial charge in [0.05, 0.1) is 0 Å². The zero-order valence-corrected chi connectivity index (χ0v) is 11.4. The maximum Gasteiger partial charge on any atom is 0.573 e. The van der Waals surface area contributed by atoms with Gasteiger partial charge in [-0.2, -0.15) is 0 Å². The number of anilines is 2. The minimum Gasteiger partial charge on any atom is -0.406 e. The molecule has 0 radical (unpaired) electrons. The van der Waals surface area contributed by atoms with E-state index in [4.69, 9.17) is 0 Å². The first-order valence-electron chi connectivity index (χ1n) is 5.56. The lowest BCUT2D eigenvalue weighted by molar-refractivity contribution is -0.274. The Morgan fingerprint density at radius 3 is 2.71 bits per heavy atom. The zero-order valence-electron chi connectivity index (χ0n) is 10.6. The third-order valence-electron chi connectivity index (χ3n) is 2.16. The standard InChI is InChI=1S/C11H9F3N4O2S/c1-15-10-18-17-9(21-10)8(19)16-6-3-2-4-7(5-6)20-11(12,13)14/h2-5H,1H3,(H,15,18)(H,16,19). The van der Waals surface area contributed by atoms with E-state index in [0.717, 1.165) is 23.5 Å². The molecule has 2 aromatic rings. The van der Waals surface area contributed by atoms with Crippen molar-refractivity contribution in [2.75, 3.05) is 17.7 Å². The molecule has 2 N–H and O–H groups in total. The number of alkyl halides is 3. The monoisotopic (exact) mass is 318 g/mol. The van der Waals surface area contributed by atoms with Crippen LogP contribution in [0.3, 0.4) is 0 Å². The molecule has 6 nitrogen and oxygen atoms in total. The topological polar surface area (TPSA) is 76.1 Å². The molecule has 2 rings (SSSR count). The predicted molar refractivity (Wildman–Crippen MR) is 70.5 cm³/mol. The summed E-state index contributed by atoms with van der Waals surface area (Å²) < 4.78 is 40.1. The van der Waals surface area contributed by atoms with Gasteiger partial charge < -0.3 is 15.4 Å². The number of ether oxygens (including phenoxy) is 1. The van der Waals surface area contributed by atoms with E-state index in [1.807, 2.05) is 0 Å². The predicted octanol–water partition coefficient (Wildman–Crippen LogP) is 2.73. The summed E-state index contributed by atoms with van der Waals surface area (Å²) in [7, 11) is 1.63. The van der Waals surface area contributed by atoms with E-state index in [1.54, 1.807) is 7.05 Å². The Hall–Kier alpha value is -2.36. The number of halogens is 3. The van der Waals surface area contributed by atoms with Crippen molar-refractivity contribution in [1.82, 2.24) is 10.2 Å². The highest BCUT2D eigenvalue weighted by Gasteiger charge is 2.31. The van der Waals surface area contributed by atoms with Crippen LogP contribution in [-0.4, -0.2) is 29.5 Å². The average Bonchev–Trinajstić information content (AvgIpc) is 2.85. The molecule has 10 heteroatoms. The van der Waals surface area contributed by atoms with Crippen LogP contribution in [0, 0.1) is 0 Å². The first-order valence-corrected chi connectivity index (χ1v) is 6.37. The van der Waals surface area contributed by atoms with Gasteiger partial charge in [-0.25, -0.2) is 0 Å². The van der Waals surface area contributed by atoms with Crippen LogP contribution in [0.4, 0.5) is 24.0 Å². The number of nitrogens with one attached hydrogen (secondary N) is 2. The Labute approximate surface area is 121 Å². The molecule has 1 aromatic heterocycles. The SMILES string of the molecule is CNc1nnc(C(=O)Nc2cccc(OC(F)(F)F)c2)s1. The molecule has 0 bridgehead atoms. The third kappa shape index (κ3) is 4.31. The van der Waals surface area contributed by atoms with Crippen molar-refractivity contribution in [3.05, 3.63) is 29.3 Å². The van der Waals surface area contributed by atoms with E-state index >= 15 is 0 Å². The second kappa shape index (κ2) is 5.95. The van der Waals surface area contributed by atoms with Crippen LogP contribution in [0.1, 0.15) is 9.80 Å². The van der Waals surface area contributed by atoms with Gasteiger partial charge in [0.15, 0.2) is 0 Å². The summed E-state index contributed by atoms with van der Waals surface area (Å²) in [6.07, 6.45) is -4.79. The highest BCUT2D eigenvalue weighted by molar-refractivity contribution is 7.17. The van der Waals surface area contributed by atoms with Gasteiger partial charge in [-0.05, 0) is 12.1 Å². The number of carbonyl (C=O) groups excluding carboxylic acids is 1. The summed E-state index contributed by atoms with van der Waals surface area (Å²) in [6.45, 7) is 0. The van der Waals surface area contributed by atoms with Crippen LogP contribution in [0.2, 0.25) is 0 Å². The Kier molecular flexibility index (Phi) is 4.26. The number of nitrogens with zero attached hydrogens (tertiary/aromatic N) is 2. The molecular weight excluding hydrogens is 309 g/mol. The van der Waals surface area contributed by atoms with Crippen LogP contribution in [0.25, 0.3) is 0 Å². The lowest BCUT2D eigenvalue weighted by Gasteiger charge is -2.10. The van der Waals surface area contributed by atoms with Crippen molar-refractivity contribution in [3.8, 4) is 5.75 Å². The van der Waals surface area contributed by atoms with E-state index in [2.05, 4.69) is 25.6 Å². The minimum atomic E-state index is -4.79. The summed E-state index contributed by atoms with van der Waals surface area (Å²) >= 11 is 1.02. The van der Waals surface area contributed by atoms with Gasteiger partial charge >= 0.3 is 6.36 Å². The molecule has 1 aromatic carbocycles. The molecule has 0 aliphatic rings. The molecule has 0 aliphatic carbocycles. The van der Waals surface area contributed by atoms with Gasteiger partial charge in [0, 0.05) is 18.8 Å². The summed E-state index contributed by atoms with van der Waals surface area (Å²) in [5, 5.41) is 13.0. The maximum atomic E-state index is 12.1. The fourth-order valence-electron chi connectivity index (χ4n) is 1.37. The van der Waals surface area contributed by atoms with E-state index < -0.39 is 18.0 Å². The van der Waals surface area contributed by atoms with Gasteiger partial charge in [0.1, 0.15) is 5.75 Å². The number of carbonyl (C=O) groups is 1. The molecule has 0 aliphatic heterocycles.